The number of nitrogens with two attached hydrogens (primary N) is 1. The van der Waals surface area contributed by atoms with Gasteiger partial charge in [0.15, 0.2) is 0 Å². The van der Waals surface area contributed by atoms with Crippen LogP contribution in [0.4, 0.5) is 0 Å². The van der Waals surface area contributed by atoms with Crippen molar-refractivity contribution in [2.45, 2.75) is 11.3 Å². The number of rotatable bonds is 7. The number of ether oxygens (including phenoxy) is 1. The summed E-state index contributed by atoms with van der Waals surface area (Å²) in [6.45, 7) is 1.25. The second kappa shape index (κ2) is 8.83. The first-order valence-corrected chi connectivity index (χ1v) is 7.58. The molecule has 0 unspecified atom stereocenters. The summed E-state index contributed by atoms with van der Waals surface area (Å²) in [6.07, 6.45) is 0.763. The third-order valence-electron chi connectivity index (χ3n) is 2.63. The molecule has 0 saturated carbocycles. The SMILES string of the molecule is CNCCCNC(=O)c1cc(S(N)(=O)=O)ccc1OC.Cl. The number of primary sulfonamides is 1. The van der Waals surface area contributed by atoms with Crippen LogP contribution in [0.25, 0.3) is 0 Å². The van der Waals surface area contributed by atoms with Gasteiger partial charge in [0, 0.05) is 6.54 Å². The minimum Gasteiger partial charge on any atom is -0.496 e. The van der Waals surface area contributed by atoms with Crippen molar-refractivity contribution >= 4 is 28.3 Å². The third-order valence-corrected chi connectivity index (χ3v) is 3.54. The van der Waals surface area contributed by atoms with Gasteiger partial charge < -0.3 is 15.4 Å². The molecule has 0 aliphatic carbocycles. The average Bonchev–Trinajstić information content (AvgIpc) is 2.41. The van der Waals surface area contributed by atoms with E-state index >= 15 is 0 Å². The summed E-state index contributed by atoms with van der Waals surface area (Å²) >= 11 is 0. The molecule has 0 saturated heterocycles. The molecule has 7 nitrogen and oxygen atoms in total. The van der Waals surface area contributed by atoms with Crippen LogP contribution in [0.1, 0.15) is 16.8 Å². The highest BCUT2D eigenvalue weighted by Gasteiger charge is 2.16. The fourth-order valence-electron chi connectivity index (χ4n) is 1.60. The molecule has 0 atom stereocenters. The quantitative estimate of drug-likeness (QED) is 0.611. The summed E-state index contributed by atoms with van der Waals surface area (Å²) < 4.78 is 27.7. The van der Waals surface area contributed by atoms with Crippen LogP contribution in [0.3, 0.4) is 0 Å². The van der Waals surface area contributed by atoms with Crippen molar-refractivity contribution < 1.29 is 17.9 Å². The van der Waals surface area contributed by atoms with Crippen LogP contribution in [-0.2, 0) is 10.0 Å². The van der Waals surface area contributed by atoms with Gasteiger partial charge in [-0.05, 0) is 38.2 Å². The van der Waals surface area contributed by atoms with Gasteiger partial charge in [0.1, 0.15) is 5.75 Å². The van der Waals surface area contributed by atoms with E-state index in [-0.39, 0.29) is 22.9 Å². The zero-order valence-electron chi connectivity index (χ0n) is 11.9. The van der Waals surface area contributed by atoms with Crippen LogP contribution in [0.15, 0.2) is 23.1 Å². The molecule has 0 fully saturated rings. The molecule has 0 bridgehead atoms. The Hall–Kier alpha value is -1.35. The molecule has 0 spiro atoms. The number of methoxy groups -OCH3 is 1. The number of amides is 1. The monoisotopic (exact) mass is 337 g/mol. The van der Waals surface area contributed by atoms with Crippen molar-refractivity contribution in [2.75, 3.05) is 27.2 Å². The minimum atomic E-state index is -3.86. The maximum atomic E-state index is 12.0. The summed E-state index contributed by atoms with van der Waals surface area (Å²) in [5, 5.41) is 10.7. The molecule has 21 heavy (non-hydrogen) atoms. The zero-order chi connectivity index (χ0) is 15.2. The molecule has 1 aromatic carbocycles. The van der Waals surface area contributed by atoms with Gasteiger partial charge in [0.25, 0.3) is 5.91 Å². The lowest BCUT2D eigenvalue weighted by molar-refractivity contribution is 0.0950. The Morgan fingerprint density at radius 2 is 2.00 bits per heavy atom. The molecule has 1 aromatic rings. The zero-order valence-corrected chi connectivity index (χ0v) is 13.5. The topological polar surface area (TPSA) is 111 Å². The van der Waals surface area contributed by atoms with Crippen molar-refractivity contribution in [3.8, 4) is 5.75 Å². The Morgan fingerprint density at radius 1 is 1.33 bits per heavy atom. The number of hydrogen-bond acceptors (Lipinski definition) is 5. The van der Waals surface area contributed by atoms with Crippen molar-refractivity contribution in [1.82, 2.24) is 10.6 Å². The summed E-state index contributed by atoms with van der Waals surface area (Å²) in [4.78, 5) is 11.9. The smallest absolute Gasteiger partial charge is 0.255 e. The number of sulfonamides is 1. The van der Waals surface area contributed by atoms with Gasteiger partial charge >= 0.3 is 0 Å². The number of benzene rings is 1. The van der Waals surface area contributed by atoms with E-state index < -0.39 is 15.9 Å². The van der Waals surface area contributed by atoms with Crippen LogP contribution in [0, 0.1) is 0 Å². The van der Waals surface area contributed by atoms with Gasteiger partial charge in [0.2, 0.25) is 10.0 Å². The van der Waals surface area contributed by atoms with Crippen LogP contribution in [-0.4, -0.2) is 41.6 Å². The Kier molecular flexibility index (Phi) is 8.26. The second-order valence-electron chi connectivity index (χ2n) is 4.12. The first-order chi connectivity index (χ1) is 9.40. The maximum Gasteiger partial charge on any atom is 0.255 e. The van der Waals surface area contributed by atoms with E-state index in [4.69, 9.17) is 9.88 Å². The summed E-state index contributed by atoms with van der Waals surface area (Å²) in [5.41, 5.74) is 0.142. The minimum absolute atomic E-state index is 0. The van der Waals surface area contributed by atoms with Gasteiger partial charge in [0.05, 0.1) is 17.6 Å². The fourth-order valence-corrected chi connectivity index (χ4v) is 2.14. The first kappa shape index (κ1) is 19.7. The van der Waals surface area contributed by atoms with Crippen molar-refractivity contribution in [3.63, 3.8) is 0 Å². The lowest BCUT2D eigenvalue weighted by Gasteiger charge is -2.10. The molecule has 120 valence electrons. The van der Waals surface area contributed by atoms with E-state index in [1.807, 2.05) is 7.05 Å². The number of carbonyl (C=O) groups excluding carboxylic acids is 1. The lowest BCUT2D eigenvalue weighted by Crippen LogP contribution is -2.27. The van der Waals surface area contributed by atoms with Crippen LogP contribution in [0.5, 0.6) is 5.75 Å². The van der Waals surface area contributed by atoms with E-state index in [0.29, 0.717) is 12.3 Å². The largest absolute Gasteiger partial charge is 0.496 e. The number of carbonyl (C=O) groups is 1. The molecule has 0 aliphatic heterocycles. The number of hydrogen-bond donors (Lipinski definition) is 3. The third kappa shape index (κ3) is 5.88. The standard InChI is InChI=1S/C12H19N3O4S.ClH/c1-14-6-3-7-15-12(16)10-8-9(20(13,17)18)4-5-11(10)19-2;/h4-5,8,14H,3,6-7H2,1-2H3,(H,15,16)(H2,13,17,18);1H. The van der Waals surface area contributed by atoms with E-state index in [1.54, 1.807) is 0 Å². The molecular formula is C12H20ClN3O4S. The molecule has 1 rings (SSSR count). The molecule has 0 aromatic heterocycles. The highest BCUT2D eigenvalue weighted by Crippen LogP contribution is 2.21. The number of halogens is 1. The number of nitrogens with one attached hydrogen (secondary N) is 2. The molecular weight excluding hydrogens is 318 g/mol. The Morgan fingerprint density at radius 3 is 2.52 bits per heavy atom. The molecule has 9 heteroatoms. The Balaban J connectivity index is 0.00000400. The second-order valence-corrected chi connectivity index (χ2v) is 5.68. The molecule has 0 heterocycles. The fraction of sp³-hybridized carbons (Fsp3) is 0.417. The predicted molar refractivity (Wildman–Crippen MR) is 82.5 cm³/mol. The molecule has 1 amide bonds. The lowest BCUT2D eigenvalue weighted by atomic mass is 10.2. The summed E-state index contributed by atoms with van der Waals surface area (Å²) in [6, 6.07) is 3.91. The first-order valence-electron chi connectivity index (χ1n) is 6.03. The van der Waals surface area contributed by atoms with Crippen molar-refractivity contribution in [1.29, 1.82) is 0 Å². The van der Waals surface area contributed by atoms with E-state index in [0.717, 1.165) is 13.0 Å². The summed E-state index contributed by atoms with van der Waals surface area (Å²) in [5.74, 6) is -0.105. The van der Waals surface area contributed by atoms with Crippen LogP contribution in [0.2, 0.25) is 0 Å². The van der Waals surface area contributed by atoms with Gasteiger partial charge in [-0.2, -0.15) is 0 Å². The molecule has 0 aliphatic rings. The van der Waals surface area contributed by atoms with Gasteiger partial charge in [-0.15, -0.1) is 12.4 Å². The Bertz CT molecular complexity index is 578. The molecule has 0 radical (unpaired) electrons. The average molecular weight is 338 g/mol. The highest BCUT2D eigenvalue weighted by atomic mass is 35.5. The summed E-state index contributed by atoms with van der Waals surface area (Å²) in [7, 11) is -0.632. The van der Waals surface area contributed by atoms with Crippen LogP contribution >= 0.6 is 12.4 Å². The molecule has 4 N–H and O–H groups in total. The normalized spacial score (nSPS) is 10.6. The van der Waals surface area contributed by atoms with E-state index in [2.05, 4.69) is 10.6 Å². The van der Waals surface area contributed by atoms with Crippen molar-refractivity contribution in [3.05, 3.63) is 23.8 Å². The van der Waals surface area contributed by atoms with Crippen molar-refractivity contribution in [2.24, 2.45) is 5.14 Å². The predicted octanol–water partition coefficient (Wildman–Crippen LogP) is 0.104. The van der Waals surface area contributed by atoms with Crippen LogP contribution < -0.4 is 20.5 Å². The van der Waals surface area contributed by atoms with E-state index in [9.17, 15) is 13.2 Å². The Labute approximate surface area is 130 Å². The van der Waals surface area contributed by atoms with Gasteiger partial charge in [-0.25, -0.2) is 13.6 Å². The maximum absolute atomic E-state index is 12.0. The van der Waals surface area contributed by atoms with Gasteiger partial charge in [-0.1, -0.05) is 0 Å². The van der Waals surface area contributed by atoms with E-state index in [1.165, 1.54) is 25.3 Å². The van der Waals surface area contributed by atoms with Gasteiger partial charge in [-0.3, -0.25) is 4.79 Å². The highest BCUT2D eigenvalue weighted by molar-refractivity contribution is 7.89.